The maximum atomic E-state index is 11.0. The van der Waals surface area contributed by atoms with Gasteiger partial charge in [-0.15, -0.1) is 5.10 Å². The fourth-order valence-corrected chi connectivity index (χ4v) is 3.26. The van der Waals surface area contributed by atoms with E-state index in [2.05, 4.69) is 28.6 Å². The van der Waals surface area contributed by atoms with Crippen molar-refractivity contribution in [3.05, 3.63) is 93.5 Å². The number of hydrogen-bond donors (Lipinski definition) is 1. The number of rotatable bonds is 5. The minimum absolute atomic E-state index is 0.0532. The second kappa shape index (κ2) is 7.11. The lowest BCUT2D eigenvalue weighted by molar-refractivity contribution is -0.384. The fourth-order valence-electron chi connectivity index (χ4n) is 3.26. The van der Waals surface area contributed by atoms with Crippen molar-refractivity contribution >= 4 is 22.4 Å². The van der Waals surface area contributed by atoms with Crippen molar-refractivity contribution in [3.63, 3.8) is 0 Å². The Balaban J connectivity index is 1.81. The van der Waals surface area contributed by atoms with Crippen LogP contribution in [0.3, 0.4) is 0 Å². The number of aryl methyl sites for hydroxylation is 2. The number of para-hydroxylation sites is 1. The van der Waals surface area contributed by atoms with Crippen LogP contribution in [0.4, 0.5) is 11.4 Å². The molecule has 0 aliphatic heterocycles. The van der Waals surface area contributed by atoms with Crippen LogP contribution in [0.1, 0.15) is 22.9 Å². The highest BCUT2D eigenvalue weighted by Gasteiger charge is 2.19. The summed E-state index contributed by atoms with van der Waals surface area (Å²) in [5.74, 6) is 0. The van der Waals surface area contributed by atoms with Crippen LogP contribution in [-0.2, 0) is 0 Å². The molecule has 4 rings (SSSR count). The molecule has 0 radical (unpaired) electrons. The van der Waals surface area contributed by atoms with Gasteiger partial charge in [-0.25, -0.2) is 4.68 Å². The molecule has 1 heterocycles. The third-order valence-corrected chi connectivity index (χ3v) is 4.72. The van der Waals surface area contributed by atoms with E-state index in [1.54, 1.807) is 16.8 Å². The number of fused-ring (bicyclic) bond motifs is 1. The molecule has 3 aromatic carbocycles. The number of nitrogens with one attached hydrogen (secondary N) is 1. The van der Waals surface area contributed by atoms with E-state index in [-0.39, 0.29) is 11.9 Å². The van der Waals surface area contributed by atoms with Gasteiger partial charge in [-0.3, -0.25) is 10.1 Å². The second-order valence-electron chi connectivity index (χ2n) is 6.74. The smallest absolute Gasteiger partial charge is 0.269 e. The maximum absolute atomic E-state index is 11.0. The first-order valence-corrected chi connectivity index (χ1v) is 8.91. The maximum Gasteiger partial charge on any atom is 0.269 e. The third kappa shape index (κ3) is 3.29. The number of nitrogens with zero attached hydrogens (tertiary/aromatic N) is 4. The molecule has 0 saturated carbocycles. The summed E-state index contributed by atoms with van der Waals surface area (Å²) in [6.45, 7) is 4.09. The first kappa shape index (κ1) is 17.7. The van der Waals surface area contributed by atoms with Crippen LogP contribution in [-0.4, -0.2) is 19.9 Å². The van der Waals surface area contributed by atoms with E-state index in [9.17, 15) is 10.1 Å². The topological polar surface area (TPSA) is 85.9 Å². The molecule has 28 heavy (non-hydrogen) atoms. The van der Waals surface area contributed by atoms with Gasteiger partial charge in [-0.1, -0.05) is 35.0 Å². The van der Waals surface area contributed by atoms with Gasteiger partial charge in [0, 0.05) is 17.8 Å². The zero-order chi connectivity index (χ0) is 19.7. The van der Waals surface area contributed by atoms with Gasteiger partial charge in [0.25, 0.3) is 5.69 Å². The molecule has 1 N–H and O–H groups in total. The van der Waals surface area contributed by atoms with Crippen molar-refractivity contribution in [2.24, 2.45) is 0 Å². The monoisotopic (exact) mass is 373 g/mol. The molecular formula is C21H19N5O2. The summed E-state index contributed by atoms with van der Waals surface area (Å²) in [7, 11) is 0. The van der Waals surface area contributed by atoms with Gasteiger partial charge in [0.05, 0.1) is 10.4 Å². The quantitative estimate of drug-likeness (QED) is 0.408. The first-order chi connectivity index (χ1) is 13.5. The van der Waals surface area contributed by atoms with Crippen LogP contribution in [0.15, 0.2) is 66.7 Å². The standard InChI is InChI=1S/C21H19N5O2/c1-14-7-12-18(15(2)13-14)22-21(16-8-10-17(11-9-16)26(27)28)25-20-6-4-3-5-19(20)23-24-25/h3-13,21-22H,1-2H3/t21-/m0/s1. The molecule has 1 aromatic heterocycles. The molecule has 0 saturated heterocycles. The summed E-state index contributed by atoms with van der Waals surface area (Å²) in [5, 5.41) is 23.1. The molecule has 7 heteroatoms. The molecule has 7 nitrogen and oxygen atoms in total. The first-order valence-electron chi connectivity index (χ1n) is 8.91. The van der Waals surface area contributed by atoms with E-state index in [4.69, 9.17) is 0 Å². The molecule has 0 aliphatic carbocycles. The summed E-state index contributed by atoms with van der Waals surface area (Å²) in [6, 6.07) is 20.4. The van der Waals surface area contributed by atoms with Gasteiger partial charge >= 0.3 is 0 Å². The Hall–Kier alpha value is -3.74. The summed E-state index contributed by atoms with van der Waals surface area (Å²) >= 11 is 0. The Kier molecular flexibility index (Phi) is 4.49. The van der Waals surface area contributed by atoms with Crippen LogP contribution in [0.5, 0.6) is 0 Å². The largest absolute Gasteiger partial charge is 0.360 e. The van der Waals surface area contributed by atoms with E-state index in [1.165, 1.54) is 17.7 Å². The van der Waals surface area contributed by atoms with E-state index in [1.807, 2.05) is 43.3 Å². The molecule has 0 spiro atoms. The van der Waals surface area contributed by atoms with Gasteiger partial charge in [0.15, 0.2) is 0 Å². The number of aromatic nitrogens is 3. The molecule has 0 aliphatic rings. The number of nitro groups is 1. The van der Waals surface area contributed by atoms with E-state index in [0.717, 1.165) is 27.8 Å². The average Bonchev–Trinajstić information content (AvgIpc) is 3.11. The zero-order valence-corrected chi connectivity index (χ0v) is 15.5. The lowest BCUT2D eigenvalue weighted by Gasteiger charge is -2.22. The highest BCUT2D eigenvalue weighted by Crippen LogP contribution is 2.28. The summed E-state index contributed by atoms with van der Waals surface area (Å²) in [5.41, 5.74) is 5.82. The third-order valence-electron chi connectivity index (χ3n) is 4.72. The van der Waals surface area contributed by atoms with Crippen molar-refractivity contribution in [2.75, 3.05) is 5.32 Å². The number of nitro benzene ring substituents is 1. The predicted octanol–water partition coefficient (Wildman–Crippen LogP) is 4.62. The Labute approximate surface area is 161 Å². The SMILES string of the molecule is Cc1ccc(N[C@H](c2ccc([N+](=O)[O-])cc2)n2nnc3ccccc32)c(C)c1. The molecular weight excluding hydrogens is 354 g/mol. The van der Waals surface area contributed by atoms with Gasteiger partial charge in [-0.05, 0) is 55.3 Å². The van der Waals surface area contributed by atoms with Crippen LogP contribution in [0, 0.1) is 24.0 Å². The predicted molar refractivity (Wildman–Crippen MR) is 108 cm³/mol. The summed E-state index contributed by atoms with van der Waals surface area (Å²) in [6.07, 6.45) is -0.366. The molecule has 1 atom stereocenters. The second-order valence-corrected chi connectivity index (χ2v) is 6.74. The van der Waals surface area contributed by atoms with Crippen molar-refractivity contribution in [3.8, 4) is 0 Å². The van der Waals surface area contributed by atoms with Crippen molar-refractivity contribution < 1.29 is 4.92 Å². The lowest BCUT2D eigenvalue weighted by atomic mass is 10.1. The minimum Gasteiger partial charge on any atom is -0.360 e. The van der Waals surface area contributed by atoms with Crippen LogP contribution in [0.25, 0.3) is 11.0 Å². The number of benzene rings is 3. The van der Waals surface area contributed by atoms with Gasteiger partial charge in [-0.2, -0.15) is 0 Å². The van der Waals surface area contributed by atoms with Crippen LogP contribution < -0.4 is 5.32 Å². The average molecular weight is 373 g/mol. The van der Waals surface area contributed by atoms with Crippen LogP contribution >= 0.6 is 0 Å². The van der Waals surface area contributed by atoms with Gasteiger partial charge in [0.2, 0.25) is 0 Å². The Morgan fingerprint density at radius 3 is 2.50 bits per heavy atom. The van der Waals surface area contributed by atoms with E-state index in [0.29, 0.717) is 0 Å². The normalized spacial score (nSPS) is 12.1. The van der Waals surface area contributed by atoms with E-state index >= 15 is 0 Å². The van der Waals surface area contributed by atoms with Gasteiger partial charge < -0.3 is 5.32 Å². The van der Waals surface area contributed by atoms with Crippen molar-refractivity contribution in [2.45, 2.75) is 20.0 Å². The molecule has 0 bridgehead atoms. The lowest BCUT2D eigenvalue weighted by Crippen LogP contribution is -2.21. The van der Waals surface area contributed by atoms with Gasteiger partial charge in [0.1, 0.15) is 11.7 Å². The summed E-state index contributed by atoms with van der Waals surface area (Å²) < 4.78 is 1.80. The molecule has 4 aromatic rings. The Morgan fingerprint density at radius 2 is 1.79 bits per heavy atom. The summed E-state index contributed by atoms with van der Waals surface area (Å²) in [4.78, 5) is 10.6. The number of anilines is 1. The van der Waals surface area contributed by atoms with Crippen LogP contribution in [0.2, 0.25) is 0 Å². The highest BCUT2D eigenvalue weighted by atomic mass is 16.6. The fraction of sp³-hybridized carbons (Fsp3) is 0.143. The molecule has 0 unspecified atom stereocenters. The van der Waals surface area contributed by atoms with E-state index < -0.39 is 4.92 Å². The number of hydrogen-bond acceptors (Lipinski definition) is 5. The zero-order valence-electron chi connectivity index (χ0n) is 15.5. The number of non-ortho nitro benzene ring substituents is 1. The van der Waals surface area contributed by atoms with Crippen molar-refractivity contribution in [1.29, 1.82) is 0 Å². The molecule has 0 fully saturated rings. The minimum atomic E-state index is -0.402. The molecule has 0 amide bonds. The Morgan fingerprint density at radius 1 is 1.04 bits per heavy atom. The van der Waals surface area contributed by atoms with Crippen molar-refractivity contribution in [1.82, 2.24) is 15.0 Å². The Bertz CT molecular complexity index is 1150. The molecule has 140 valence electrons. The highest BCUT2D eigenvalue weighted by molar-refractivity contribution is 5.74.